The number of nitrogens with one attached hydrogen (secondary N) is 1. The summed E-state index contributed by atoms with van der Waals surface area (Å²) in [6.45, 7) is 4.26. The van der Waals surface area contributed by atoms with Crippen LogP contribution in [0.3, 0.4) is 0 Å². The first-order valence-electron chi connectivity index (χ1n) is 10.5. The lowest BCUT2D eigenvalue weighted by molar-refractivity contribution is -0.116. The molecule has 30 heavy (non-hydrogen) atoms. The molecule has 0 bridgehead atoms. The summed E-state index contributed by atoms with van der Waals surface area (Å²) in [4.78, 5) is 17.8. The van der Waals surface area contributed by atoms with E-state index in [9.17, 15) is 4.79 Å². The molecule has 0 radical (unpaired) electrons. The van der Waals surface area contributed by atoms with Gasteiger partial charge in [0.15, 0.2) is 0 Å². The van der Waals surface area contributed by atoms with E-state index in [-0.39, 0.29) is 12.5 Å². The Morgan fingerprint density at radius 3 is 2.70 bits per heavy atom. The third-order valence-electron chi connectivity index (χ3n) is 6.17. The van der Waals surface area contributed by atoms with Crippen molar-refractivity contribution in [3.63, 3.8) is 0 Å². The van der Waals surface area contributed by atoms with Crippen LogP contribution < -0.4 is 5.32 Å². The van der Waals surface area contributed by atoms with Crippen LogP contribution in [0.5, 0.6) is 0 Å². The smallest absolute Gasteiger partial charge is 0.244 e. The molecule has 0 saturated heterocycles. The zero-order valence-electron chi connectivity index (χ0n) is 17.4. The normalized spacial score (nSPS) is 12.9. The summed E-state index contributed by atoms with van der Waals surface area (Å²) in [6, 6.07) is 20.8. The molecule has 1 aliphatic rings. The fraction of sp³-hybridized carbons (Fsp3) is 0.231. The summed E-state index contributed by atoms with van der Waals surface area (Å²) >= 11 is 0. The molecular weight excluding hydrogens is 370 g/mol. The van der Waals surface area contributed by atoms with Gasteiger partial charge in [-0.1, -0.05) is 48.5 Å². The quantitative estimate of drug-likeness (QED) is 0.500. The van der Waals surface area contributed by atoms with Crippen LogP contribution >= 0.6 is 0 Å². The molecule has 4 heteroatoms. The van der Waals surface area contributed by atoms with Crippen molar-refractivity contribution in [1.29, 1.82) is 0 Å². The second-order valence-corrected chi connectivity index (χ2v) is 8.10. The number of aryl methyl sites for hydroxylation is 3. The molecule has 4 nitrogen and oxygen atoms in total. The van der Waals surface area contributed by atoms with Gasteiger partial charge < -0.3 is 9.88 Å². The maximum absolute atomic E-state index is 12.9. The number of hydrogen-bond donors (Lipinski definition) is 1. The van der Waals surface area contributed by atoms with Gasteiger partial charge in [0.05, 0.1) is 5.69 Å². The SMILES string of the molecule is Cc1nc(-c2cccc3ccccc23)n(CC(=O)Nc2ccc3c(c2)CCC3)c1C. The number of anilines is 1. The predicted molar refractivity (Wildman–Crippen MR) is 122 cm³/mol. The van der Waals surface area contributed by atoms with Crippen molar-refractivity contribution in [2.24, 2.45) is 0 Å². The predicted octanol–water partition coefficient (Wildman–Crippen LogP) is 5.45. The number of carbonyl (C=O) groups is 1. The number of aromatic nitrogens is 2. The molecule has 4 aromatic rings. The van der Waals surface area contributed by atoms with Crippen molar-refractivity contribution in [3.05, 3.63) is 83.2 Å². The topological polar surface area (TPSA) is 46.9 Å². The summed E-state index contributed by atoms with van der Waals surface area (Å²) in [5.41, 5.74) is 6.66. The van der Waals surface area contributed by atoms with Crippen LogP contribution in [0.1, 0.15) is 28.9 Å². The summed E-state index contributed by atoms with van der Waals surface area (Å²) in [5.74, 6) is 0.806. The van der Waals surface area contributed by atoms with E-state index in [4.69, 9.17) is 4.98 Å². The first-order valence-corrected chi connectivity index (χ1v) is 10.5. The van der Waals surface area contributed by atoms with Crippen LogP contribution in [0.25, 0.3) is 22.2 Å². The van der Waals surface area contributed by atoms with E-state index in [2.05, 4.69) is 41.7 Å². The Balaban J connectivity index is 1.47. The van der Waals surface area contributed by atoms with Gasteiger partial charge in [0.1, 0.15) is 12.4 Å². The number of rotatable bonds is 4. The van der Waals surface area contributed by atoms with Gasteiger partial charge in [0, 0.05) is 16.9 Å². The molecule has 1 amide bonds. The lowest BCUT2D eigenvalue weighted by Crippen LogP contribution is -2.20. The Labute approximate surface area is 176 Å². The standard InChI is InChI=1S/C26H25N3O/c1-17-18(2)29(16-25(30)28-22-14-13-19-8-5-10-21(19)15-22)26(27-17)24-12-6-9-20-7-3-4-11-23(20)24/h3-4,6-7,9,11-15H,5,8,10,16H2,1-2H3,(H,28,30). The number of carbonyl (C=O) groups excluding carboxylic acids is 1. The Morgan fingerprint density at radius 2 is 1.80 bits per heavy atom. The maximum Gasteiger partial charge on any atom is 0.244 e. The molecule has 0 unspecified atom stereocenters. The van der Waals surface area contributed by atoms with Crippen LogP contribution in [0.4, 0.5) is 5.69 Å². The van der Waals surface area contributed by atoms with Crippen LogP contribution in [0.2, 0.25) is 0 Å². The molecule has 1 N–H and O–H groups in total. The Kier molecular flexibility index (Phi) is 4.62. The number of amides is 1. The molecule has 150 valence electrons. The number of fused-ring (bicyclic) bond motifs is 2. The van der Waals surface area contributed by atoms with Gasteiger partial charge in [0.25, 0.3) is 0 Å². The first kappa shape index (κ1) is 18.6. The van der Waals surface area contributed by atoms with Gasteiger partial charge in [-0.2, -0.15) is 0 Å². The van der Waals surface area contributed by atoms with Crippen molar-refractivity contribution in [2.45, 2.75) is 39.7 Å². The summed E-state index contributed by atoms with van der Waals surface area (Å²) < 4.78 is 2.03. The van der Waals surface area contributed by atoms with Crippen molar-refractivity contribution in [2.75, 3.05) is 5.32 Å². The monoisotopic (exact) mass is 395 g/mol. The number of imidazole rings is 1. The molecule has 1 aromatic heterocycles. The zero-order chi connectivity index (χ0) is 20.7. The summed E-state index contributed by atoms with van der Waals surface area (Å²) in [6.07, 6.45) is 3.45. The molecule has 0 atom stereocenters. The second kappa shape index (κ2) is 7.45. The van der Waals surface area contributed by atoms with E-state index >= 15 is 0 Å². The summed E-state index contributed by atoms with van der Waals surface area (Å²) in [7, 11) is 0. The molecular formula is C26H25N3O. The minimum Gasteiger partial charge on any atom is -0.325 e. The van der Waals surface area contributed by atoms with Crippen LogP contribution in [0.15, 0.2) is 60.7 Å². The highest BCUT2D eigenvalue weighted by atomic mass is 16.1. The fourth-order valence-corrected chi connectivity index (χ4v) is 4.47. The number of hydrogen-bond acceptors (Lipinski definition) is 2. The van der Waals surface area contributed by atoms with Crippen LogP contribution in [-0.2, 0) is 24.2 Å². The highest BCUT2D eigenvalue weighted by molar-refractivity contribution is 5.96. The largest absolute Gasteiger partial charge is 0.325 e. The van der Waals surface area contributed by atoms with E-state index in [1.807, 2.05) is 42.7 Å². The van der Waals surface area contributed by atoms with Crippen LogP contribution in [-0.4, -0.2) is 15.5 Å². The third kappa shape index (κ3) is 3.28. The third-order valence-corrected chi connectivity index (χ3v) is 6.17. The maximum atomic E-state index is 12.9. The van der Waals surface area contributed by atoms with E-state index in [1.165, 1.54) is 22.9 Å². The van der Waals surface area contributed by atoms with E-state index in [1.54, 1.807) is 0 Å². The fourth-order valence-electron chi connectivity index (χ4n) is 4.47. The van der Waals surface area contributed by atoms with Crippen LogP contribution in [0, 0.1) is 13.8 Å². The Bertz CT molecular complexity index is 1260. The van der Waals surface area contributed by atoms with Crippen molar-refractivity contribution < 1.29 is 4.79 Å². The minimum absolute atomic E-state index is 0.0325. The molecule has 0 saturated carbocycles. The average Bonchev–Trinajstić information content (AvgIpc) is 3.33. The highest BCUT2D eigenvalue weighted by Crippen LogP contribution is 2.30. The van der Waals surface area contributed by atoms with E-state index in [0.29, 0.717) is 0 Å². The van der Waals surface area contributed by atoms with Crippen molar-refractivity contribution in [3.8, 4) is 11.4 Å². The zero-order valence-corrected chi connectivity index (χ0v) is 17.4. The van der Waals surface area contributed by atoms with Gasteiger partial charge in [-0.3, -0.25) is 4.79 Å². The van der Waals surface area contributed by atoms with Gasteiger partial charge in [-0.25, -0.2) is 4.98 Å². The highest BCUT2D eigenvalue weighted by Gasteiger charge is 2.18. The molecule has 5 rings (SSSR count). The molecule has 0 fully saturated rings. The van der Waals surface area contributed by atoms with E-state index in [0.717, 1.165) is 46.7 Å². The van der Waals surface area contributed by atoms with Crippen molar-refractivity contribution >= 4 is 22.4 Å². The summed E-state index contributed by atoms with van der Waals surface area (Å²) in [5, 5.41) is 5.40. The first-order chi connectivity index (χ1) is 14.6. The second-order valence-electron chi connectivity index (χ2n) is 8.10. The Hall–Kier alpha value is -3.40. The number of benzene rings is 3. The van der Waals surface area contributed by atoms with Gasteiger partial charge in [-0.05, 0) is 67.1 Å². The van der Waals surface area contributed by atoms with Gasteiger partial charge >= 0.3 is 0 Å². The minimum atomic E-state index is -0.0325. The van der Waals surface area contributed by atoms with Crippen molar-refractivity contribution in [1.82, 2.24) is 9.55 Å². The van der Waals surface area contributed by atoms with Gasteiger partial charge in [0.2, 0.25) is 5.91 Å². The molecule has 0 spiro atoms. The lowest BCUT2D eigenvalue weighted by atomic mass is 10.0. The lowest BCUT2D eigenvalue weighted by Gasteiger charge is -2.13. The molecule has 1 heterocycles. The molecule has 1 aliphatic carbocycles. The molecule has 0 aliphatic heterocycles. The Morgan fingerprint density at radius 1 is 1.00 bits per heavy atom. The van der Waals surface area contributed by atoms with Gasteiger partial charge in [-0.15, -0.1) is 0 Å². The average molecular weight is 396 g/mol. The number of nitrogens with zero attached hydrogens (tertiary/aromatic N) is 2. The van der Waals surface area contributed by atoms with E-state index < -0.39 is 0 Å². The molecule has 3 aromatic carbocycles.